The molecule has 2 heterocycles. The number of hydrogen-bond donors (Lipinski definition) is 1. The number of nitrogens with one attached hydrogen (secondary N) is 1. The van der Waals surface area contributed by atoms with Crippen molar-refractivity contribution >= 4 is 27.5 Å². The summed E-state index contributed by atoms with van der Waals surface area (Å²) in [5, 5.41) is 12.2. The Morgan fingerprint density at radius 3 is 2.90 bits per heavy atom. The highest BCUT2D eigenvalue weighted by atomic mass is 32.2. The standard InChI is InChI=1S/C20H26N4O3S2/c1-24-18(11-14-9-10-29(26,27)13-14)22-23-20(24)28-12-19(25)21-17-8-4-6-15-5-2-3-7-16(15)17/h2-3,5,7,14,17H,4,6,8-13H2,1H3,(H,21,25). The van der Waals surface area contributed by atoms with E-state index in [1.165, 1.54) is 22.9 Å². The summed E-state index contributed by atoms with van der Waals surface area (Å²) in [6.45, 7) is 0. The van der Waals surface area contributed by atoms with Crippen LogP contribution in [0.15, 0.2) is 29.4 Å². The molecule has 4 rings (SSSR count). The molecule has 7 nitrogen and oxygen atoms in total. The fraction of sp³-hybridized carbons (Fsp3) is 0.550. The molecular weight excluding hydrogens is 408 g/mol. The summed E-state index contributed by atoms with van der Waals surface area (Å²) in [4.78, 5) is 12.5. The fourth-order valence-electron chi connectivity index (χ4n) is 4.21. The van der Waals surface area contributed by atoms with Gasteiger partial charge in [-0.25, -0.2) is 8.42 Å². The summed E-state index contributed by atoms with van der Waals surface area (Å²) in [7, 11) is -1.02. The van der Waals surface area contributed by atoms with Crippen molar-refractivity contribution in [3.05, 3.63) is 41.2 Å². The Bertz CT molecular complexity index is 1000. The first-order chi connectivity index (χ1) is 13.9. The van der Waals surface area contributed by atoms with Crippen LogP contribution in [0.2, 0.25) is 0 Å². The smallest absolute Gasteiger partial charge is 0.230 e. The van der Waals surface area contributed by atoms with Crippen LogP contribution in [0.25, 0.3) is 0 Å². The average Bonchev–Trinajstić information content (AvgIpc) is 3.22. The summed E-state index contributed by atoms with van der Waals surface area (Å²) in [6, 6.07) is 8.39. The number of thioether (sulfide) groups is 1. The molecule has 0 spiro atoms. The Morgan fingerprint density at radius 2 is 2.10 bits per heavy atom. The lowest BCUT2D eigenvalue weighted by molar-refractivity contribution is -0.119. The maximum absolute atomic E-state index is 12.5. The molecule has 1 aromatic heterocycles. The van der Waals surface area contributed by atoms with Gasteiger partial charge >= 0.3 is 0 Å². The number of nitrogens with zero attached hydrogens (tertiary/aromatic N) is 3. The van der Waals surface area contributed by atoms with Crippen molar-refractivity contribution in [3.8, 4) is 0 Å². The normalized spacial score (nSPS) is 22.9. The summed E-state index contributed by atoms with van der Waals surface area (Å²) >= 11 is 1.36. The maximum Gasteiger partial charge on any atom is 0.230 e. The van der Waals surface area contributed by atoms with Gasteiger partial charge < -0.3 is 9.88 Å². The molecule has 1 saturated heterocycles. The molecule has 1 N–H and O–H groups in total. The molecule has 1 aliphatic heterocycles. The Balaban J connectivity index is 1.32. The third-order valence-corrected chi connectivity index (χ3v) is 8.62. The van der Waals surface area contributed by atoms with E-state index in [1.54, 1.807) is 0 Å². The summed E-state index contributed by atoms with van der Waals surface area (Å²) < 4.78 is 25.2. The summed E-state index contributed by atoms with van der Waals surface area (Å²) in [6.07, 6.45) is 4.41. The Hall–Kier alpha value is -1.87. The average molecular weight is 435 g/mol. The van der Waals surface area contributed by atoms with Gasteiger partial charge in [0.05, 0.1) is 23.3 Å². The number of carbonyl (C=O) groups is 1. The molecule has 29 heavy (non-hydrogen) atoms. The number of hydrogen-bond acceptors (Lipinski definition) is 6. The second-order valence-electron chi connectivity index (χ2n) is 7.93. The van der Waals surface area contributed by atoms with Gasteiger partial charge in [0.2, 0.25) is 5.91 Å². The maximum atomic E-state index is 12.5. The predicted molar refractivity (Wildman–Crippen MR) is 112 cm³/mol. The van der Waals surface area contributed by atoms with Gasteiger partial charge in [-0.05, 0) is 42.7 Å². The lowest BCUT2D eigenvalue weighted by Gasteiger charge is -2.26. The first-order valence-electron chi connectivity index (χ1n) is 10.00. The zero-order valence-electron chi connectivity index (χ0n) is 16.5. The van der Waals surface area contributed by atoms with Crippen LogP contribution < -0.4 is 5.32 Å². The number of fused-ring (bicyclic) bond motifs is 1. The molecule has 2 atom stereocenters. The molecular formula is C20H26N4O3S2. The van der Waals surface area contributed by atoms with E-state index < -0.39 is 9.84 Å². The van der Waals surface area contributed by atoms with Gasteiger partial charge in [-0.3, -0.25) is 4.79 Å². The monoisotopic (exact) mass is 434 g/mol. The molecule has 0 saturated carbocycles. The lowest BCUT2D eigenvalue weighted by Crippen LogP contribution is -2.32. The first-order valence-corrected chi connectivity index (χ1v) is 12.8. The Kier molecular flexibility index (Phi) is 5.96. The van der Waals surface area contributed by atoms with Crippen LogP contribution in [0, 0.1) is 5.92 Å². The quantitative estimate of drug-likeness (QED) is 0.700. The zero-order chi connectivity index (χ0) is 20.4. The molecule has 9 heteroatoms. The fourth-order valence-corrected chi connectivity index (χ4v) is 6.81. The van der Waals surface area contributed by atoms with Gasteiger partial charge in [0, 0.05) is 13.5 Å². The van der Waals surface area contributed by atoms with Crippen molar-refractivity contribution in [3.63, 3.8) is 0 Å². The Morgan fingerprint density at radius 1 is 1.28 bits per heavy atom. The van der Waals surface area contributed by atoms with Gasteiger partial charge in [-0.1, -0.05) is 36.0 Å². The molecule has 0 radical (unpaired) electrons. The highest BCUT2D eigenvalue weighted by molar-refractivity contribution is 7.99. The molecule has 0 bridgehead atoms. The molecule has 2 unspecified atom stereocenters. The first kappa shape index (κ1) is 20.4. The topological polar surface area (TPSA) is 93.9 Å². The van der Waals surface area contributed by atoms with E-state index in [2.05, 4.69) is 27.6 Å². The molecule has 2 aromatic rings. The highest BCUT2D eigenvalue weighted by Crippen LogP contribution is 2.29. The van der Waals surface area contributed by atoms with E-state index in [-0.39, 0.29) is 35.1 Å². The van der Waals surface area contributed by atoms with E-state index in [9.17, 15) is 13.2 Å². The number of aromatic nitrogens is 3. The van der Waals surface area contributed by atoms with Crippen molar-refractivity contribution in [2.24, 2.45) is 13.0 Å². The third-order valence-electron chi connectivity index (χ3n) is 5.76. The number of amides is 1. The van der Waals surface area contributed by atoms with E-state index in [1.807, 2.05) is 23.7 Å². The lowest BCUT2D eigenvalue weighted by atomic mass is 9.88. The largest absolute Gasteiger partial charge is 0.349 e. The molecule has 2 aliphatic rings. The molecule has 156 valence electrons. The minimum absolute atomic E-state index is 0.0110. The van der Waals surface area contributed by atoms with Crippen LogP contribution >= 0.6 is 11.8 Å². The van der Waals surface area contributed by atoms with E-state index in [0.717, 1.165) is 25.1 Å². The number of benzene rings is 1. The zero-order valence-corrected chi connectivity index (χ0v) is 18.1. The SMILES string of the molecule is Cn1c(CC2CCS(=O)(=O)C2)nnc1SCC(=O)NC1CCCc2ccccc21. The summed E-state index contributed by atoms with van der Waals surface area (Å²) in [5.74, 6) is 1.65. The second kappa shape index (κ2) is 8.47. The molecule has 1 amide bonds. The number of carbonyl (C=O) groups excluding carboxylic acids is 1. The number of aryl methyl sites for hydroxylation is 1. The van der Waals surface area contributed by atoms with Crippen LogP contribution in [0.4, 0.5) is 0 Å². The van der Waals surface area contributed by atoms with Gasteiger partial charge in [-0.15, -0.1) is 10.2 Å². The number of rotatable bonds is 6. The van der Waals surface area contributed by atoms with Crippen LogP contribution in [0.1, 0.15) is 42.3 Å². The van der Waals surface area contributed by atoms with Crippen LogP contribution in [0.3, 0.4) is 0 Å². The minimum atomic E-state index is -2.89. The van der Waals surface area contributed by atoms with Crippen molar-refractivity contribution < 1.29 is 13.2 Å². The highest BCUT2D eigenvalue weighted by Gasteiger charge is 2.29. The summed E-state index contributed by atoms with van der Waals surface area (Å²) in [5.41, 5.74) is 2.55. The minimum Gasteiger partial charge on any atom is -0.349 e. The second-order valence-corrected chi connectivity index (χ2v) is 11.1. The molecule has 1 fully saturated rings. The van der Waals surface area contributed by atoms with E-state index in [4.69, 9.17) is 0 Å². The molecule has 1 aliphatic carbocycles. The van der Waals surface area contributed by atoms with Gasteiger partial charge in [0.25, 0.3) is 0 Å². The number of sulfone groups is 1. The van der Waals surface area contributed by atoms with Crippen molar-refractivity contribution in [1.29, 1.82) is 0 Å². The van der Waals surface area contributed by atoms with Crippen molar-refractivity contribution in [2.75, 3.05) is 17.3 Å². The van der Waals surface area contributed by atoms with Gasteiger partial charge in [-0.2, -0.15) is 0 Å². The Labute approximate surface area is 175 Å². The third kappa shape index (κ3) is 4.83. The molecule has 1 aromatic carbocycles. The van der Waals surface area contributed by atoms with Crippen molar-refractivity contribution in [2.45, 2.75) is 43.3 Å². The van der Waals surface area contributed by atoms with Gasteiger partial charge in [0.1, 0.15) is 5.82 Å². The van der Waals surface area contributed by atoms with Crippen LogP contribution in [-0.2, 0) is 34.5 Å². The van der Waals surface area contributed by atoms with Crippen LogP contribution in [0.5, 0.6) is 0 Å². The predicted octanol–water partition coefficient (Wildman–Crippen LogP) is 2.08. The van der Waals surface area contributed by atoms with E-state index in [0.29, 0.717) is 18.0 Å². The van der Waals surface area contributed by atoms with Crippen LogP contribution in [-0.4, -0.2) is 46.3 Å². The van der Waals surface area contributed by atoms with E-state index >= 15 is 0 Å². The van der Waals surface area contributed by atoms with Gasteiger partial charge in [0.15, 0.2) is 15.0 Å². The van der Waals surface area contributed by atoms with Crippen molar-refractivity contribution in [1.82, 2.24) is 20.1 Å².